The second-order valence-electron chi connectivity index (χ2n) is 9.03. The molecule has 3 rings (SSSR count). The van der Waals surface area contributed by atoms with Gasteiger partial charge in [-0.15, -0.1) is 0 Å². The standard InChI is InChI=1S/C27H36N2O2/c1-5-25(27(31)28-24-12-8-9-13-24)29(18-23-11-7-6-10-21(23)4)26(30)17-22-15-19(2)14-20(3)16-22/h6-7,10-11,14-16,24-25H,5,8-9,12-13,17-18H2,1-4H3,(H,28,31)/t25-/m1/s1. The summed E-state index contributed by atoms with van der Waals surface area (Å²) in [6, 6.07) is 14.1. The first-order chi connectivity index (χ1) is 14.9. The number of carbonyl (C=O) groups is 2. The van der Waals surface area contributed by atoms with E-state index in [0.29, 0.717) is 19.4 Å². The van der Waals surface area contributed by atoms with Gasteiger partial charge in [0, 0.05) is 12.6 Å². The highest BCUT2D eigenvalue weighted by molar-refractivity contribution is 5.88. The molecule has 2 aromatic rings. The Morgan fingerprint density at radius 3 is 2.29 bits per heavy atom. The van der Waals surface area contributed by atoms with Crippen LogP contribution in [0.25, 0.3) is 0 Å². The van der Waals surface area contributed by atoms with E-state index < -0.39 is 6.04 Å². The summed E-state index contributed by atoms with van der Waals surface area (Å²) in [5.74, 6) is -0.0153. The molecule has 1 fully saturated rings. The van der Waals surface area contributed by atoms with Crippen molar-refractivity contribution in [2.24, 2.45) is 0 Å². The van der Waals surface area contributed by atoms with Crippen LogP contribution >= 0.6 is 0 Å². The van der Waals surface area contributed by atoms with E-state index in [9.17, 15) is 9.59 Å². The van der Waals surface area contributed by atoms with Crippen LogP contribution in [0.2, 0.25) is 0 Å². The molecule has 0 aliphatic heterocycles. The molecule has 1 aliphatic carbocycles. The fourth-order valence-electron chi connectivity index (χ4n) is 4.71. The number of hydrogen-bond donors (Lipinski definition) is 1. The summed E-state index contributed by atoms with van der Waals surface area (Å²) < 4.78 is 0. The molecule has 0 heterocycles. The first-order valence-electron chi connectivity index (χ1n) is 11.6. The van der Waals surface area contributed by atoms with Crippen molar-refractivity contribution in [2.75, 3.05) is 0 Å². The number of nitrogens with zero attached hydrogens (tertiary/aromatic N) is 1. The molecule has 1 N–H and O–H groups in total. The third-order valence-corrected chi connectivity index (χ3v) is 6.33. The fourth-order valence-corrected chi connectivity index (χ4v) is 4.71. The summed E-state index contributed by atoms with van der Waals surface area (Å²) in [7, 11) is 0. The summed E-state index contributed by atoms with van der Waals surface area (Å²) in [5.41, 5.74) is 5.53. The molecule has 0 radical (unpaired) electrons. The van der Waals surface area contributed by atoms with Gasteiger partial charge < -0.3 is 10.2 Å². The maximum atomic E-state index is 13.5. The van der Waals surface area contributed by atoms with Gasteiger partial charge in [0.25, 0.3) is 0 Å². The Morgan fingerprint density at radius 2 is 1.68 bits per heavy atom. The van der Waals surface area contributed by atoms with Crippen LogP contribution < -0.4 is 5.32 Å². The van der Waals surface area contributed by atoms with E-state index in [1.54, 1.807) is 4.90 Å². The average Bonchev–Trinajstić information content (AvgIpc) is 3.21. The number of hydrogen-bond acceptors (Lipinski definition) is 2. The maximum Gasteiger partial charge on any atom is 0.243 e. The molecule has 31 heavy (non-hydrogen) atoms. The molecule has 2 aromatic carbocycles. The molecule has 0 bridgehead atoms. The minimum Gasteiger partial charge on any atom is -0.352 e. The zero-order valence-corrected chi connectivity index (χ0v) is 19.4. The van der Waals surface area contributed by atoms with Gasteiger partial charge in [-0.05, 0) is 56.7 Å². The van der Waals surface area contributed by atoms with Crippen molar-refractivity contribution < 1.29 is 9.59 Å². The van der Waals surface area contributed by atoms with E-state index >= 15 is 0 Å². The summed E-state index contributed by atoms with van der Waals surface area (Å²) in [6.07, 6.45) is 5.32. The van der Waals surface area contributed by atoms with Gasteiger partial charge in [-0.25, -0.2) is 0 Å². The van der Waals surface area contributed by atoms with Gasteiger partial charge in [-0.2, -0.15) is 0 Å². The molecule has 2 amide bonds. The Labute approximate surface area is 187 Å². The lowest BCUT2D eigenvalue weighted by Gasteiger charge is -2.32. The van der Waals surface area contributed by atoms with Crippen molar-refractivity contribution in [3.05, 3.63) is 70.3 Å². The lowest BCUT2D eigenvalue weighted by molar-refractivity contribution is -0.141. The highest BCUT2D eigenvalue weighted by Crippen LogP contribution is 2.21. The Hall–Kier alpha value is -2.62. The molecule has 0 spiro atoms. The normalized spacial score (nSPS) is 15.0. The van der Waals surface area contributed by atoms with Crippen molar-refractivity contribution in [1.29, 1.82) is 0 Å². The van der Waals surface area contributed by atoms with Gasteiger partial charge in [-0.3, -0.25) is 9.59 Å². The Morgan fingerprint density at radius 1 is 1.03 bits per heavy atom. The van der Waals surface area contributed by atoms with Crippen LogP contribution in [0.4, 0.5) is 0 Å². The second kappa shape index (κ2) is 10.6. The number of nitrogens with one attached hydrogen (secondary N) is 1. The van der Waals surface area contributed by atoms with Crippen molar-refractivity contribution >= 4 is 11.8 Å². The number of rotatable bonds is 8. The van der Waals surface area contributed by atoms with Crippen LogP contribution in [-0.2, 0) is 22.6 Å². The lowest BCUT2D eigenvalue weighted by atomic mass is 10.0. The van der Waals surface area contributed by atoms with E-state index in [-0.39, 0.29) is 17.9 Å². The topological polar surface area (TPSA) is 49.4 Å². The summed E-state index contributed by atoms with van der Waals surface area (Å²) in [6.45, 7) is 8.61. The van der Waals surface area contributed by atoms with Crippen LogP contribution in [0.5, 0.6) is 0 Å². The first kappa shape index (κ1) is 23.1. The molecule has 1 atom stereocenters. The van der Waals surface area contributed by atoms with E-state index in [2.05, 4.69) is 50.4 Å². The summed E-state index contributed by atoms with van der Waals surface area (Å²) in [4.78, 5) is 28.5. The number of aryl methyl sites for hydroxylation is 3. The third-order valence-electron chi connectivity index (χ3n) is 6.33. The zero-order chi connectivity index (χ0) is 22.4. The highest BCUT2D eigenvalue weighted by atomic mass is 16.2. The van der Waals surface area contributed by atoms with Crippen molar-refractivity contribution in [2.45, 2.75) is 84.8 Å². The first-order valence-corrected chi connectivity index (χ1v) is 11.6. The van der Waals surface area contributed by atoms with Crippen LogP contribution in [-0.4, -0.2) is 28.8 Å². The number of carbonyl (C=O) groups excluding carboxylic acids is 2. The molecule has 4 nitrogen and oxygen atoms in total. The van der Waals surface area contributed by atoms with E-state index in [1.807, 2.05) is 25.1 Å². The Balaban J connectivity index is 1.85. The van der Waals surface area contributed by atoms with E-state index in [4.69, 9.17) is 0 Å². The van der Waals surface area contributed by atoms with Crippen LogP contribution in [0.15, 0.2) is 42.5 Å². The van der Waals surface area contributed by atoms with Gasteiger partial charge in [-0.1, -0.05) is 73.4 Å². The van der Waals surface area contributed by atoms with Gasteiger partial charge in [0.15, 0.2) is 0 Å². The molecule has 0 aromatic heterocycles. The van der Waals surface area contributed by atoms with E-state index in [0.717, 1.165) is 40.7 Å². The predicted octanol–water partition coefficient (Wildman–Crippen LogP) is 5.02. The maximum absolute atomic E-state index is 13.5. The number of benzene rings is 2. The molecule has 166 valence electrons. The number of amides is 2. The summed E-state index contributed by atoms with van der Waals surface area (Å²) >= 11 is 0. The van der Waals surface area contributed by atoms with Gasteiger partial charge in [0.2, 0.25) is 11.8 Å². The monoisotopic (exact) mass is 420 g/mol. The molecule has 0 saturated heterocycles. The van der Waals surface area contributed by atoms with Crippen molar-refractivity contribution in [1.82, 2.24) is 10.2 Å². The van der Waals surface area contributed by atoms with Crippen molar-refractivity contribution in [3.8, 4) is 0 Å². The van der Waals surface area contributed by atoms with Crippen LogP contribution in [0, 0.1) is 20.8 Å². The van der Waals surface area contributed by atoms with Gasteiger partial charge >= 0.3 is 0 Å². The smallest absolute Gasteiger partial charge is 0.243 e. The average molecular weight is 421 g/mol. The van der Waals surface area contributed by atoms with E-state index in [1.165, 1.54) is 12.8 Å². The summed E-state index contributed by atoms with van der Waals surface area (Å²) in [5, 5.41) is 3.21. The molecular weight excluding hydrogens is 384 g/mol. The van der Waals surface area contributed by atoms with Crippen LogP contribution in [0.3, 0.4) is 0 Å². The quantitative estimate of drug-likeness (QED) is 0.652. The molecule has 0 unspecified atom stereocenters. The van der Waals surface area contributed by atoms with Gasteiger partial charge in [0.05, 0.1) is 6.42 Å². The second-order valence-corrected chi connectivity index (χ2v) is 9.03. The predicted molar refractivity (Wildman–Crippen MR) is 126 cm³/mol. The third kappa shape index (κ3) is 6.19. The largest absolute Gasteiger partial charge is 0.352 e. The van der Waals surface area contributed by atoms with Gasteiger partial charge in [0.1, 0.15) is 6.04 Å². The Bertz CT molecular complexity index is 895. The molecular formula is C27H36N2O2. The molecule has 4 heteroatoms. The minimum absolute atomic E-state index is 0.00155. The highest BCUT2D eigenvalue weighted by Gasteiger charge is 2.30. The molecule has 1 aliphatic rings. The molecule has 1 saturated carbocycles. The lowest BCUT2D eigenvalue weighted by Crippen LogP contribution is -2.51. The van der Waals surface area contributed by atoms with Crippen LogP contribution in [0.1, 0.15) is 66.8 Å². The fraction of sp³-hybridized carbons (Fsp3) is 0.481. The SMILES string of the molecule is CC[C@H](C(=O)NC1CCCC1)N(Cc1ccccc1C)C(=O)Cc1cc(C)cc(C)c1. The Kier molecular flexibility index (Phi) is 7.89. The van der Waals surface area contributed by atoms with Crippen molar-refractivity contribution in [3.63, 3.8) is 0 Å². The minimum atomic E-state index is -0.460. The zero-order valence-electron chi connectivity index (χ0n) is 19.4.